The van der Waals surface area contributed by atoms with Gasteiger partial charge in [0.15, 0.2) is 5.01 Å². The zero-order valence-corrected chi connectivity index (χ0v) is 12.2. The topological polar surface area (TPSA) is 59.9 Å². The molecule has 0 spiro atoms. The summed E-state index contributed by atoms with van der Waals surface area (Å²) < 4.78 is 5.30. The maximum atomic E-state index is 5.30. The second-order valence-electron chi connectivity index (χ2n) is 4.04. The van der Waals surface area contributed by atoms with Crippen molar-refractivity contribution in [2.45, 2.75) is 26.3 Å². The van der Waals surface area contributed by atoms with E-state index in [1.807, 2.05) is 6.07 Å². The summed E-state index contributed by atoms with van der Waals surface area (Å²) in [5, 5.41) is 13.8. The molecule has 0 fully saturated rings. The molecule has 1 N–H and O–H groups in total. The number of ether oxygens (including phenoxy) is 1. The fraction of sp³-hybridized carbons (Fsp3) is 0.462. The highest BCUT2D eigenvalue weighted by Gasteiger charge is 2.16. The summed E-state index contributed by atoms with van der Waals surface area (Å²) in [4.78, 5) is 4.05. The molecule has 0 amide bonds. The summed E-state index contributed by atoms with van der Waals surface area (Å²) >= 11 is 1.60. The van der Waals surface area contributed by atoms with E-state index in [1.165, 1.54) is 0 Å². The fourth-order valence-corrected chi connectivity index (χ4v) is 2.89. The second-order valence-corrected chi connectivity index (χ2v) is 5.05. The van der Waals surface area contributed by atoms with Gasteiger partial charge in [0.25, 0.3) is 0 Å². The monoisotopic (exact) mass is 278 g/mol. The van der Waals surface area contributed by atoms with Gasteiger partial charge in [0.2, 0.25) is 0 Å². The van der Waals surface area contributed by atoms with E-state index in [4.69, 9.17) is 4.74 Å². The molecule has 0 saturated carbocycles. The molecule has 2 aromatic heterocycles. The van der Waals surface area contributed by atoms with Crippen LogP contribution in [0.25, 0.3) is 10.6 Å². The summed E-state index contributed by atoms with van der Waals surface area (Å²) in [6.07, 6.45) is 4.43. The molecule has 2 aromatic rings. The van der Waals surface area contributed by atoms with Gasteiger partial charge >= 0.3 is 0 Å². The van der Waals surface area contributed by atoms with Crippen LogP contribution in [-0.2, 0) is 0 Å². The lowest BCUT2D eigenvalue weighted by Gasteiger charge is -2.11. The molecular formula is C13H18N4OS. The molecule has 102 valence electrons. The van der Waals surface area contributed by atoms with Crippen molar-refractivity contribution in [3.63, 3.8) is 0 Å². The van der Waals surface area contributed by atoms with Crippen LogP contribution >= 0.6 is 11.3 Å². The molecule has 5 nitrogen and oxygen atoms in total. The van der Waals surface area contributed by atoms with Gasteiger partial charge in [-0.3, -0.25) is 4.98 Å². The highest BCUT2D eigenvalue weighted by molar-refractivity contribution is 7.14. The Kier molecular flexibility index (Phi) is 4.81. The Morgan fingerprint density at radius 2 is 2.21 bits per heavy atom. The van der Waals surface area contributed by atoms with E-state index in [-0.39, 0.29) is 6.04 Å². The summed E-state index contributed by atoms with van der Waals surface area (Å²) in [5.74, 6) is 0.724. The van der Waals surface area contributed by atoms with Crippen LogP contribution < -0.4 is 10.1 Å². The SMILES string of the molecule is CCNC(CC)c1nnc(-c2ccncc2OC)s1. The fourth-order valence-electron chi connectivity index (χ4n) is 1.86. The number of nitrogens with zero attached hydrogens (tertiary/aromatic N) is 3. The maximum Gasteiger partial charge on any atom is 0.151 e. The van der Waals surface area contributed by atoms with Gasteiger partial charge in [-0.1, -0.05) is 25.2 Å². The molecule has 1 atom stereocenters. The molecular weight excluding hydrogens is 260 g/mol. The Morgan fingerprint density at radius 1 is 1.37 bits per heavy atom. The van der Waals surface area contributed by atoms with E-state index in [2.05, 4.69) is 34.3 Å². The average molecular weight is 278 g/mol. The Balaban J connectivity index is 2.30. The maximum absolute atomic E-state index is 5.30. The summed E-state index contributed by atoms with van der Waals surface area (Å²) in [6, 6.07) is 2.17. The van der Waals surface area contributed by atoms with Crippen molar-refractivity contribution in [3.8, 4) is 16.3 Å². The third-order valence-corrected chi connectivity index (χ3v) is 3.90. The van der Waals surface area contributed by atoms with Gasteiger partial charge < -0.3 is 10.1 Å². The van der Waals surface area contributed by atoms with Crippen LogP contribution in [0.4, 0.5) is 0 Å². The third kappa shape index (κ3) is 3.08. The van der Waals surface area contributed by atoms with Gasteiger partial charge in [-0.25, -0.2) is 0 Å². The average Bonchev–Trinajstić information content (AvgIpc) is 2.94. The normalized spacial score (nSPS) is 12.4. The summed E-state index contributed by atoms with van der Waals surface area (Å²) in [7, 11) is 1.63. The van der Waals surface area contributed by atoms with Crippen LogP contribution in [0.5, 0.6) is 5.75 Å². The molecule has 0 aliphatic heterocycles. The van der Waals surface area contributed by atoms with Gasteiger partial charge in [-0.15, -0.1) is 10.2 Å². The van der Waals surface area contributed by atoms with Gasteiger partial charge in [0.05, 0.1) is 24.9 Å². The first-order valence-corrected chi connectivity index (χ1v) is 7.16. The first kappa shape index (κ1) is 13.9. The number of nitrogens with one attached hydrogen (secondary N) is 1. The van der Waals surface area contributed by atoms with Crippen LogP contribution in [0, 0.1) is 0 Å². The van der Waals surface area contributed by atoms with Crippen molar-refractivity contribution >= 4 is 11.3 Å². The standard InChI is InChI=1S/C13H18N4OS/c1-4-10(15-5-2)13-17-16-12(19-13)9-6-7-14-8-11(9)18-3/h6-8,10,15H,4-5H2,1-3H3. The van der Waals surface area contributed by atoms with Crippen LogP contribution in [0.15, 0.2) is 18.5 Å². The van der Waals surface area contributed by atoms with Crippen LogP contribution in [-0.4, -0.2) is 28.8 Å². The number of hydrogen-bond acceptors (Lipinski definition) is 6. The Bertz CT molecular complexity index is 529. The minimum absolute atomic E-state index is 0.268. The van der Waals surface area contributed by atoms with Gasteiger partial charge in [0, 0.05) is 6.20 Å². The Labute approximate surface area is 117 Å². The molecule has 2 heterocycles. The molecule has 2 rings (SSSR count). The van der Waals surface area contributed by atoms with Crippen LogP contribution in [0.3, 0.4) is 0 Å². The largest absolute Gasteiger partial charge is 0.494 e. The van der Waals surface area contributed by atoms with Crippen molar-refractivity contribution in [2.24, 2.45) is 0 Å². The highest BCUT2D eigenvalue weighted by atomic mass is 32.1. The lowest BCUT2D eigenvalue weighted by Crippen LogP contribution is -2.19. The van der Waals surface area contributed by atoms with Crippen molar-refractivity contribution < 1.29 is 4.74 Å². The minimum Gasteiger partial charge on any atom is -0.494 e. The molecule has 0 radical (unpaired) electrons. The molecule has 0 aliphatic carbocycles. The number of pyridine rings is 1. The van der Waals surface area contributed by atoms with Crippen LogP contribution in [0.2, 0.25) is 0 Å². The smallest absolute Gasteiger partial charge is 0.151 e. The molecule has 0 aliphatic rings. The van der Waals surface area contributed by atoms with E-state index in [0.29, 0.717) is 0 Å². The van der Waals surface area contributed by atoms with E-state index in [9.17, 15) is 0 Å². The summed E-state index contributed by atoms with van der Waals surface area (Å²) in [6.45, 7) is 5.16. The Morgan fingerprint density at radius 3 is 2.89 bits per heavy atom. The number of hydrogen-bond donors (Lipinski definition) is 1. The van der Waals surface area contributed by atoms with Crippen LogP contribution in [0.1, 0.15) is 31.3 Å². The molecule has 19 heavy (non-hydrogen) atoms. The molecule has 6 heteroatoms. The highest BCUT2D eigenvalue weighted by Crippen LogP contribution is 2.33. The van der Waals surface area contributed by atoms with E-state index >= 15 is 0 Å². The predicted octanol–water partition coefficient (Wildman–Crippen LogP) is 2.67. The van der Waals surface area contributed by atoms with Crippen molar-refractivity contribution in [1.82, 2.24) is 20.5 Å². The minimum atomic E-state index is 0.268. The summed E-state index contributed by atoms with van der Waals surface area (Å²) in [5.41, 5.74) is 0.938. The Hall–Kier alpha value is -1.53. The number of rotatable bonds is 6. The zero-order chi connectivity index (χ0) is 13.7. The molecule has 0 aromatic carbocycles. The molecule has 0 saturated heterocycles. The van der Waals surface area contributed by atoms with Crippen molar-refractivity contribution in [2.75, 3.05) is 13.7 Å². The number of methoxy groups -OCH3 is 1. The molecule has 0 bridgehead atoms. The quantitative estimate of drug-likeness (QED) is 0.880. The first-order chi connectivity index (χ1) is 9.30. The first-order valence-electron chi connectivity index (χ1n) is 6.35. The van der Waals surface area contributed by atoms with Gasteiger partial charge in [-0.2, -0.15) is 0 Å². The zero-order valence-electron chi connectivity index (χ0n) is 11.4. The van der Waals surface area contributed by atoms with Crippen molar-refractivity contribution in [1.29, 1.82) is 0 Å². The predicted molar refractivity (Wildman–Crippen MR) is 76.4 cm³/mol. The second kappa shape index (κ2) is 6.58. The molecule has 1 unspecified atom stereocenters. The van der Waals surface area contributed by atoms with E-state index in [0.717, 1.165) is 34.3 Å². The van der Waals surface area contributed by atoms with Crippen molar-refractivity contribution in [3.05, 3.63) is 23.5 Å². The number of aromatic nitrogens is 3. The van der Waals surface area contributed by atoms with E-state index < -0.39 is 0 Å². The lowest BCUT2D eigenvalue weighted by atomic mass is 10.2. The lowest BCUT2D eigenvalue weighted by molar-refractivity contribution is 0.414. The van der Waals surface area contributed by atoms with Gasteiger partial charge in [-0.05, 0) is 19.0 Å². The van der Waals surface area contributed by atoms with E-state index in [1.54, 1.807) is 30.8 Å². The van der Waals surface area contributed by atoms with Gasteiger partial charge in [0.1, 0.15) is 10.8 Å². The third-order valence-electron chi connectivity index (χ3n) is 2.83.